The number of amides is 2. The van der Waals surface area contributed by atoms with Gasteiger partial charge in [-0.05, 0) is 70.2 Å². The van der Waals surface area contributed by atoms with E-state index in [9.17, 15) is 46.7 Å². The minimum atomic E-state index is -4.86. The molecule has 2 saturated heterocycles. The largest absolute Gasteiger partial charge is 0.444 e. The van der Waals surface area contributed by atoms with E-state index < -0.39 is 82.7 Å². The van der Waals surface area contributed by atoms with Crippen LogP contribution >= 0.6 is 0 Å². The molecule has 55 heavy (non-hydrogen) atoms. The number of carbonyl (C=O) groups excluding carboxylic acids is 2. The molecule has 2 aliphatic rings. The maximum atomic E-state index is 14.4. The molecule has 20 heteroatoms. The number of rotatable bonds is 12. The van der Waals surface area contributed by atoms with Crippen molar-refractivity contribution in [1.82, 2.24) is 19.0 Å². The van der Waals surface area contributed by atoms with Gasteiger partial charge in [-0.3, -0.25) is 29.9 Å². The van der Waals surface area contributed by atoms with E-state index in [1.54, 1.807) is 51.1 Å². The molecule has 296 valence electrons. The zero-order valence-electron chi connectivity index (χ0n) is 30.3. The molecule has 18 nitrogen and oxygen atoms in total. The summed E-state index contributed by atoms with van der Waals surface area (Å²) in [6, 6.07) is 14.1. The van der Waals surface area contributed by atoms with Gasteiger partial charge in [0.2, 0.25) is 5.91 Å². The number of nitrogens with zero attached hydrogens (tertiary/aromatic N) is 5. The number of piperidine rings is 2. The minimum Gasteiger partial charge on any atom is -0.444 e. The Hall–Kier alpha value is -5.02. The molecule has 3 aromatic carbocycles. The highest BCUT2D eigenvalue weighted by atomic mass is 32.2. The molecule has 1 N–H and O–H groups in total. The Balaban J connectivity index is 1.47. The molecule has 0 aliphatic carbocycles. The highest BCUT2D eigenvalue weighted by molar-refractivity contribution is 7.89. The van der Waals surface area contributed by atoms with E-state index in [4.69, 9.17) is 9.57 Å². The third-order valence-corrected chi connectivity index (χ3v) is 12.7. The summed E-state index contributed by atoms with van der Waals surface area (Å²) < 4.78 is 64.1. The average molecular weight is 803 g/mol. The molecule has 2 fully saturated rings. The van der Waals surface area contributed by atoms with Gasteiger partial charge in [-0.1, -0.05) is 46.9 Å². The smallest absolute Gasteiger partial charge is 0.410 e. The number of nitrogens with one attached hydrogen (secondary N) is 1. The van der Waals surface area contributed by atoms with E-state index in [-0.39, 0.29) is 43.1 Å². The molecule has 0 radical (unpaired) electrons. The molecule has 2 atom stereocenters. The number of ether oxygens (including phenoxy) is 1. The van der Waals surface area contributed by atoms with Crippen LogP contribution in [0, 0.1) is 20.2 Å². The Morgan fingerprint density at radius 1 is 0.855 bits per heavy atom. The number of hydroxylamine groups is 1. The Labute approximate surface area is 318 Å². The first kappa shape index (κ1) is 41.1. The number of sulfonamides is 2. The van der Waals surface area contributed by atoms with E-state index in [0.717, 1.165) is 40.7 Å². The molecule has 0 unspecified atom stereocenters. The second-order valence-corrected chi connectivity index (χ2v) is 17.7. The predicted octanol–water partition coefficient (Wildman–Crippen LogP) is 4.36. The highest BCUT2D eigenvalue weighted by Gasteiger charge is 2.47. The highest BCUT2D eigenvalue weighted by Crippen LogP contribution is 2.34. The zero-order valence-corrected chi connectivity index (χ0v) is 32.0. The Kier molecular flexibility index (Phi) is 12.6. The number of nitro groups is 2. The fraction of sp³-hybridized carbons (Fsp3) is 0.429. The summed E-state index contributed by atoms with van der Waals surface area (Å²) in [4.78, 5) is 54.6. The number of non-ortho nitro benzene ring substituents is 1. The van der Waals surface area contributed by atoms with Crippen molar-refractivity contribution in [2.24, 2.45) is 0 Å². The molecule has 0 bridgehead atoms. The lowest BCUT2D eigenvalue weighted by atomic mass is 9.99. The maximum Gasteiger partial charge on any atom is 0.410 e. The number of carbonyl (C=O) groups is 2. The first-order valence-electron chi connectivity index (χ1n) is 17.4. The monoisotopic (exact) mass is 802 g/mol. The summed E-state index contributed by atoms with van der Waals surface area (Å²) >= 11 is 0. The van der Waals surface area contributed by atoms with Crippen LogP contribution in [0.15, 0.2) is 88.7 Å². The normalized spacial score (nSPS) is 18.8. The summed E-state index contributed by atoms with van der Waals surface area (Å²) in [5.41, 5.74) is -1.23. The molecule has 0 aromatic heterocycles. The molecule has 2 amide bonds. The first-order valence-corrected chi connectivity index (χ1v) is 20.3. The van der Waals surface area contributed by atoms with Gasteiger partial charge in [0.25, 0.3) is 31.4 Å². The molecular weight excluding hydrogens is 761 g/mol. The van der Waals surface area contributed by atoms with Gasteiger partial charge >= 0.3 is 6.09 Å². The van der Waals surface area contributed by atoms with Crippen molar-refractivity contribution in [3.8, 4) is 0 Å². The van der Waals surface area contributed by atoms with Gasteiger partial charge in [0.1, 0.15) is 11.6 Å². The van der Waals surface area contributed by atoms with Crippen LogP contribution in [-0.2, 0) is 41.0 Å². The van der Waals surface area contributed by atoms with Crippen molar-refractivity contribution in [1.29, 1.82) is 0 Å². The van der Waals surface area contributed by atoms with Gasteiger partial charge in [0, 0.05) is 43.9 Å². The number of nitro benzene ring substituents is 2. The van der Waals surface area contributed by atoms with Crippen LogP contribution in [0.2, 0.25) is 0 Å². The molecular formula is C35H42N6O12S2. The number of likely N-dealkylation sites (tertiary alicyclic amines) is 1. The molecule has 2 aliphatic heterocycles. The predicted molar refractivity (Wildman–Crippen MR) is 196 cm³/mol. The lowest BCUT2D eigenvalue weighted by molar-refractivity contribution is -0.387. The number of hydrogen-bond donors (Lipinski definition) is 1. The van der Waals surface area contributed by atoms with Crippen molar-refractivity contribution in [3.63, 3.8) is 0 Å². The fourth-order valence-corrected chi connectivity index (χ4v) is 9.59. The first-order chi connectivity index (χ1) is 25.9. The summed E-state index contributed by atoms with van der Waals surface area (Å²) in [5.74, 6) is -0.702. The van der Waals surface area contributed by atoms with Crippen molar-refractivity contribution >= 4 is 43.4 Å². The summed E-state index contributed by atoms with van der Waals surface area (Å²) in [7, 11) is -9.50. The second-order valence-electron chi connectivity index (χ2n) is 14.1. The SMILES string of the molecule is CC(C)(C)OC(=O)N1CCC(NC(=O)[C@@H]2CC[C@@H](N(OCc3ccccc3)S(=O)(=O)c3ccc([N+](=O)[O-])cc3)CN2S(=O)(=O)c2ccccc2[N+](=O)[O-])CC1. The molecule has 2 heterocycles. The van der Waals surface area contributed by atoms with E-state index in [1.807, 2.05) is 0 Å². The molecule has 0 saturated carbocycles. The van der Waals surface area contributed by atoms with Crippen LogP contribution in [0.5, 0.6) is 0 Å². The summed E-state index contributed by atoms with van der Waals surface area (Å²) in [5, 5.41) is 26.1. The third-order valence-electron chi connectivity index (χ3n) is 9.04. The van der Waals surface area contributed by atoms with Crippen molar-refractivity contribution in [3.05, 3.63) is 105 Å². The number of hydrogen-bond acceptors (Lipinski definition) is 12. The van der Waals surface area contributed by atoms with Crippen LogP contribution in [-0.4, -0.2) is 95.7 Å². The fourth-order valence-electron chi connectivity index (χ4n) is 6.33. The van der Waals surface area contributed by atoms with E-state index in [0.29, 0.717) is 22.9 Å². The van der Waals surface area contributed by atoms with Gasteiger partial charge in [-0.25, -0.2) is 21.6 Å². The molecule has 0 spiro atoms. The van der Waals surface area contributed by atoms with Crippen molar-refractivity contribution < 1.29 is 45.8 Å². The van der Waals surface area contributed by atoms with Crippen molar-refractivity contribution in [2.75, 3.05) is 19.6 Å². The van der Waals surface area contributed by atoms with Crippen LogP contribution in [0.3, 0.4) is 0 Å². The average Bonchev–Trinajstić information content (AvgIpc) is 3.14. The van der Waals surface area contributed by atoms with Crippen LogP contribution < -0.4 is 5.32 Å². The number of benzene rings is 3. The van der Waals surface area contributed by atoms with Crippen LogP contribution in [0.25, 0.3) is 0 Å². The Morgan fingerprint density at radius 2 is 1.47 bits per heavy atom. The Bertz CT molecular complexity index is 2100. The molecule has 3 aromatic rings. The summed E-state index contributed by atoms with van der Waals surface area (Å²) in [6.45, 7) is 4.84. The van der Waals surface area contributed by atoms with E-state index >= 15 is 0 Å². The van der Waals surface area contributed by atoms with Crippen LogP contribution in [0.1, 0.15) is 52.0 Å². The van der Waals surface area contributed by atoms with Gasteiger partial charge in [-0.15, -0.1) is 0 Å². The van der Waals surface area contributed by atoms with Crippen molar-refractivity contribution in [2.45, 2.75) is 86.6 Å². The Morgan fingerprint density at radius 3 is 2.07 bits per heavy atom. The van der Waals surface area contributed by atoms with Gasteiger partial charge < -0.3 is 15.0 Å². The van der Waals surface area contributed by atoms with Gasteiger partial charge in [0.15, 0.2) is 4.90 Å². The quantitative estimate of drug-likeness (QED) is 0.199. The maximum absolute atomic E-state index is 14.4. The zero-order chi connectivity index (χ0) is 40.1. The van der Waals surface area contributed by atoms with Gasteiger partial charge in [0.05, 0.1) is 27.4 Å². The minimum absolute atomic E-state index is 0.0842. The van der Waals surface area contributed by atoms with Gasteiger partial charge in [-0.2, -0.15) is 4.31 Å². The van der Waals surface area contributed by atoms with E-state index in [1.165, 1.54) is 17.0 Å². The second kappa shape index (κ2) is 16.8. The van der Waals surface area contributed by atoms with Crippen LogP contribution in [0.4, 0.5) is 16.2 Å². The lowest BCUT2D eigenvalue weighted by Gasteiger charge is -2.41. The third kappa shape index (κ3) is 9.81. The number of para-hydroxylation sites is 1. The van der Waals surface area contributed by atoms with E-state index in [2.05, 4.69) is 5.32 Å². The summed E-state index contributed by atoms with van der Waals surface area (Å²) in [6.07, 6.45) is -0.120. The topological polar surface area (TPSA) is 229 Å². The molecule has 5 rings (SSSR count). The standard InChI is InChI=1S/C35H42N6O12S2/c1-35(2,3)53-34(43)37-21-19-26(20-22-37)36-33(42)31-18-15-28(23-38(31)55(50,51)32-12-8-7-11-30(32)40(46)47)41(52-24-25-9-5-4-6-10-25)54(48,49)29-16-13-27(14-17-29)39(44)45/h4-14,16-17,26,28,31H,15,18-24H2,1-3H3,(H,36,42)/t28-,31+/m1/s1. The lowest BCUT2D eigenvalue weighted by Crippen LogP contribution is -2.60.